The summed E-state index contributed by atoms with van der Waals surface area (Å²) in [5.41, 5.74) is 17.0. The molecule has 2 aliphatic carbocycles. The Balaban J connectivity index is 0.00000170. The predicted molar refractivity (Wildman–Crippen MR) is 193 cm³/mol. The lowest BCUT2D eigenvalue weighted by Gasteiger charge is -2.20. The molecule has 2 aliphatic rings. The van der Waals surface area contributed by atoms with E-state index in [4.69, 9.17) is 20.6 Å². The molecule has 0 spiro atoms. The third-order valence-electron chi connectivity index (χ3n) is 8.14. The fraction of sp³-hybridized carbons (Fsp3) is 0.270. The highest BCUT2D eigenvalue weighted by molar-refractivity contribution is 6.09. The van der Waals surface area contributed by atoms with Gasteiger partial charge in [-0.3, -0.25) is 14.5 Å². The van der Waals surface area contributed by atoms with Crippen molar-refractivity contribution in [1.82, 2.24) is 24.6 Å². The molecule has 2 heterocycles. The van der Waals surface area contributed by atoms with E-state index in [0.717, 1.165) is 74.6 Å². The maximum atomic E-state index is 13.1. The molecule has 0 unspecified atom stereocenters. The van der Waals surface area contributed by atoms with Crippen molar-refractivity contribution >= 4 is 34.9 Å². The number of nitrogens with one attached hydrogen (secondary N) is 1. The maximum Gasteiger partial charge on any atom is 0.253 e. The summed E-state index contributed by atoms with van der Waals surface area (Å²) in [5, 5.41) is 8.32. The molecule has 0 bridgehead atoms. The van der Waals surface area contributed by atoms with Crippen LogP contribution in [0.3, 0.4) is 0 Å². The minimum Gasteiger partial charge on any atom is -0.404 e. The molecule has 1 amide bonds. The first-order valence-electron chi connectivity index (χ1n) is 15.8. The number of likely N-dealkylation sites (N-methyl/N-ethyl adjacent to an activating group) is 1. The van der Waals surface area contributed by atoms with E-state index >= 15 is 0 Å². The van der Waals surface area contributed by atoms with Crippen LogP contribution in [0.1, 0.15) is 48.0 Å². The zero-order valence-corrected chi connectivity index (χ0v) is 27.9. The van der Waals surface area contributed by atoms with Gasteiger partial charge in [-0.05, 0) is 47.7 Å². The number of ether oxygens (including phenoxy) is 1. The summed E-state index contributed by atoms with van der Waals surface area (Å²) in [6.45, 7) is 4.99. The molecule has 10 heteroatoms. The molecule has 0 atom stereocenters. The van der Waals surface area contributed by atoms with Crippen molar-refractivity contribution in [2.75, 3.05) is 39.7 Å². The lowest BCUT2D eigenvalue weighted by atomic mass is 9.91. The van der Waals surface area contributed by atoms with E-state index in [1.54, 1.807) is 38.5 Å². The van der Waals surface area contributed by atoms with Crippen LogP contribution in [0.15, 0.2) is 78.1 Å². The van der Waals surface area contributed by atoms with Crippen LogP contribution < -0.4 is 11.1 Å². The Hall–Kier alpha value is -5.35. The topological polar surface area (TPSA) is 124 Å². The summed E-state index contributed by atoms with van der Waals surface area (Å²) in [6, 6.07) is 13.9. The first-order chi connectivity index (χ1) is 22.9. The number of carbonyl (C=O) groups excluding carboxylic acids is 1. The van der Waals surface area contributed by atoms with Gasteiger partial charge in [-0.1, -0.05) is 56.3 Å². The molecule has 0 saturated heterocycles. The highest BCUT2D eigenvalue weighted by Gasteiger charge is 2.27. The highest BCUT2D eigenvalue weighted by Crippen LogP contribution is 2.40. The van der Waals surface area contributed by atoms with Gasteiger partial charge in [-0.15, -0.1) is 0 Å². The number of allylic oxidation sites excluding steroid dienone is 5. The number of anilines is 2. The van der Waals surface area contributed by atoms with Gasteiger partial charge >= 0.3 is 0 Å². The summed E-state index contributed by atoms with van der Waals surface area (Å²) in [5.74, 6) is 0.414. The van der Waals surface area contributed by atoms with Gasteiger partial charge in [0.15, 0.2) is 0 Å². The number of nitrogens with two attached hydrogens (primary N) is 1. The van der Waals surface area contributed by atoms with E-state index in [2.05, 4.69) is 27.4 Å². The van der Waals surface area contributed by atoms with Gasteiger partial charge in [0.05, 0.1) is 23.7 Å². The van der Waals surface area contributed by atoms with Crippen molar-refractivity contribution in [1.29, 1.82) is 0 Å². The van der Waals surface area contributed by atoms with Crippen LogP contribution in [0.2, 0.25) is 0 Å². The second-order valence-electron chi connectivity index (χ2n) is 11.0. The van der Waals surface area contributed by atoms with E-state index in [9.17, 15) is 4.79 Å². The number of rotatable bonds is 10. The smallest absolute Gasteiger partial charge is 0.253 e. The first kappa shape index (κ1) is 33.0. The van der Waals surface area contributed by atoms with Crippen molar-refractivity contribution in [3.8, 4) is 22.5 Å². The lowest BCUT2D eigenvalue weighted by molar-refractivity contribution is 0.0744. The second kappa shape index (κ2) is 14.8. The third-order valence-corrected chi connectivity index (χ3v) is 8.14. The number of nitrogens with zero attached hydrogens (tertiary/aromatic N) is 6. The number of aryl methyl sites for hydroxylation is 3. The van der Waals surface area contributed by atoms with Crippen LogP contribution >= 0.6 is 0 Å². The summed E-state index contributed by atoms with van der Waals surface area (Å²) in [4.78, 5) is 28.6. The molecule has 2 aromatic carbocycles. The standard InChI is InChI=1S/C35H36N8O2.C2H6.H2/c1-37-20-27(19-36)22-8-10-24(11-9-22)33-31-30(41-43(33)3)15-13-26-21-38-35(40-32(26)31)39-29-14-12-25(18-28(29)23-6-5-7-23)34(44)42(2)16-17-45-4;1-2;/h5-12,14,18-21H,13,15-17,36H2,1-4H3,(H,38,39,40);1-2H3;1H/b27-19+,37-20?;;. The molecular weight excluding hydrogens is 588 g/mol. The second-order valence-corrected chi connectivity index (χ2v) is 11.0. The van der Waals surface area contributed by atoms with Crippen LogP contribution in [0.5, 0.6) is 0 Å². The Bertz CT molecular complexity index is 1890. The van der Waals surface area contributed by atoms with Gasteiger partial charge in [0.25, 0.3) is 5.91 Å². The van der Waals surface area contributed by atoms with Crippen molar-refractivity contribution in [2.45, 2.75) is 26.7 Å². The number of aromatic nitrogens is 4. The number of hydrogen-bond acceptors (Lipinski definition) is 8. The Labute approximate surface area is 277 Å². The molecule has 6 rings (SSSR count). The van der Waals surface area contributed by atoms with Crippen LogP contribution in [-0.4, -0.2) is 71.1 Å². The lowest BCUT2D eigenvalue weighted by Crippen LogP contribution is -2.30. The molecule has 0 saturated carbocycles. The fourth-order valence-electron chi connectivity index (χ4n) is 5.70. The zero-order chi connectivity index (χ0) is 33.5. The third kappa shape index (κ3) is 6.78. The largest absolute Gasteiger partial charge is 0.404 e. The van der Waals surface area contributed by atoms with Gasteiger partial charge in [-0.25, -0.2) is 9.97 Å². The minimum atomic E-state index is -0.0628. The predicted octanol–water partition coefficient (Wildman–Crippen LogP) is 6.33. The first-order valence-corrected chi connectivity index (χ1v) is 15.8. The summed E-state index contributed by atoms with van der Waals surface area (Å²) in [6.07, 6.45) is 12.9. The summed E-state index contributed by atoms with van der Waals surface area (Å²) < 4.78 is 7.08. The van der Waals surface area contributed by atoms with Gasteiger partial charge in [0.1, 0.15) is 0 Å². The molecule has 0 aliphatic heterocycles. The molecule has 0 fully saturated rings. The molecule has 244 valence electrons. The van der Waals surface area contributed by atoms with Gasteiger partial charge in [0.2, 0.25) is 5.95 Å². The van der Waals surface area contributed by atoms with E-state index in [0.29, 0.717) is 24.7 Å². The molecule has 3 N–H and O–H groups in total. The molecule has 10 nitrogen and oxygen atoms in total. The van der Waals surface area contributed by atoms with E-state index in [-0.39, 0.29) is 7.33 Å². The van der Waals surface area contributed by atoms with Crippen LogP contribution in [0.25, 0.3) is 33.7 Å². The molecule has 2 aromatic heterocycles. The number of hydrogen-bond donors (Lipinski definition) is 2. The molecule has 47 heavy (non-hydrogen) atoms. The Morgan fingerprint density at radius 1 is 1.17 bits per heavy atom. The zero-order valence-electron chi connectivity index (χ0n) is 27.9. The monoisotopic (exact) mass is 632 g/mol. The fourth-order valence-corrected chi connectivity index (χ4v) is 5.70. The van der Waals surface area contributed by atoms with Crippen molar-refractivity contribution in [3.05, 3.63) is 101 Å². The molecular formula is C37H44N8O2. The molecule has 4 aromatic rings. The van der Waals surface area contributed by atoms with Crippen molar-refractivity contribution < 1.29 is 11.0 Å². The summed E-state index contributed by atoms with van der Waals surface area (Å²) >= 11 is 0. The number of methoxy groups -OCH3 is 1. The number of carbonyl (C=O) groups is 1. The van der Waals surface area contributed by atoms with Crippen LogP contribution in [0, 0.1) is 0 Å². The summed E-state index contributed by atoms with van der Waals surface area (Å²) in [7, 11) is 7.10. The van der Waals surface area contributed by atoms with Crippen LogP contribution in [-0.2, 0) is 24.6 Å². The number of amides is 1. The van der Waals surface area contributed by atoms with Gasteiger partial charge < -0.3 is 20.7 Å². The normalized spacial score (nSPS) is 13.2. The Morgan fingerprint density at radius 2 is 1.91 bits per heavy atom. The Morgan fingerprint density at radius 3 is 2.57 bits per heavy atom. The number of fused-ring (bicyclic) bond motifs is 3. The SMILES string of the molecule is CC.CN=C/C(=C\N)c1ccc(-c2c3c(nn2C)CCc2cnc(Nc4ccc(C(=O)N(C)CCOC)cc4C4=CC=C4)nc2-3)cc1.[HH]. The van der Waals surface area contributed by atoms with Crippen LogP contribution in [0.4, 0.5) is 11.6 Å². The number of aliphatic imine (C=N–C) groups is 1. The van der Waals surface area contributed by atoms with E-state index < -0.39 is 0 Å². The maximum absolute atomic E-state index is 13.1. The average Bonchev–Trinajstić information content (AvgIpc) is 3.43. The van der Waals surface area contributed by atoms with Gasteiger partial charge in [0, 0.05) is 88.3 Å². The average molecular weight is 633 g/mol. The van der Waals surface area contributed by atoms with E-state index in [1.807, 2.05) is 80.3 Å². The highest BCUT2D eigenvalue weighted by atomic mass is 16.5. The van der Waals surface area contributed by atoms with Gasteiger partial charge in [-0.2, -0.15) is 5.10 Å². The minimum absolute atomic E-state index is 0. The van der Waals surface area contributed by atoms with E-state index in [1.165, 1.54) is 0 Å². The Kier molecular flexibility index (Phi) is 10.4. The van der Waals surface area contributed by atoms with Crippen molar-refractivity contribution in [3.63, 3.8) is 0 Å². The number of benzene rings is 2. The quantitative estimate of drug-likeness (QED) is 0.196. The molecule has 0 radical (unpaired) electrons. The van der Waals surface area contributed by atoms with Crippen molar-refractivity contribution in [2.24, 2.45) is 17.8 Å².